The van der Waals surface area contributed by atoms with Gasteiger partial charge in [0.1, 0.15) is 5.75 Å². The zero-order chi connectivity index (χ0) is 21.5. The first-order valence-electron chi connectivity index (χ1n) is 11.2. The predicted molar refractivity (Wildman–Crippen MR) is 118 cm³/mol. The van der Waals surface area contributed by atoms with Crippen molar-refractivity contribution >= 4 is 11.9 Å². The summed E-state index contributed by atoms with van der Waals surface area (Å²) >= 11 is 0. The van der Waals surface area contributed by atoms with Gasteiger partial charge in [-0.3, -0.25) is 19.9 Å². The Hall–Kier alpha value is -2.12. The molecule has 1 saturated heterocycles. The van der Waals surface area contributed by atoms with Gasteiger partial charge in [-0.2, -0.15) is 0 Å². The summed E-state index contributed by atoms with van der Waals surface area (Å²) in [4.78, 5) is 29.2. The number of amides is 3. The van der Waals surface area contributed by atoms with Gasteiger partial charge in [-0.15, -0.1) is 0 Å². The zero-order valence-electron chi connectivity index (χ0n) is 18.6. The Bertz CT molecular complexity index is 725. The summed E-state index contributed by atoms with van der Waals surface area (Å²) in [5, 5.41) is 5.48. The number of urea groups is 1. The van der Waals surface area contributed by atoms with Gasteiger partial charge in [-0.1, -0.05) is 37.0 Å². The van der Waals surface area contributed by atoms with Gasteiger partial charge in [0.2, 0.25) is 5.91 Å². The molecule has 0 bridgehead atoms. The maximum atomic E-state index is 12.5. The van der Waals surface area contributed by atoms with Crippen LogP contribution in [0.15, 0.2) is 18.2 Å². The van der Waals surface area contributed by atoms with E-state index >= 15 is 0 Å². The first-order valence-corrected chi connectivity index (χ1v) is 11.2. The number of hydrogen-bond donors (Lipinski definition) is 2. The average molecular weight is 417 g/mol. The third-order valence-corrected chi connectivity index (χ3v) is 6.34. The van der Waals surface area contributed by atoms with E-state index < -0.39 is 0 Å². The number of nitrogens with one attached hydrogen (secondary N) is 2. The minimum Gasteiger partial charge on any atom is -0.496 e. The second-order valence-electron chi connectivity index (χ2n) is 8.60. The van der Waals surface area contributed by atoms with Crippen LogP contribution in [0, 0.1) is 6.92 Å². The molecule has 1 aromatic rings. The van der Waals surface area contributed by atoms with Crippen molar-refractivity contribution in [2.24, 2.45) is 0 Å². The largest absolute Gasteiger partial charge is 0.496 e. The highest BCUT2D eigenvalue weighted by Crippen LogP contribution is 2.22. The molecule has 3 rings (SSSR count). The topological polar surface area (TPSA) is 73.9 Å². The summed E-state index contributed by atoms with van der Waals surface area (Å²) in [5.74, 6) is 0.692. The van der Waals surface area contributed by atoms with E-state index in [-0.39, 0.29) is 24.0 Å². The second kappa shape index (κ2) is 10.8. The third kappa shape index (κ3) is 6.19. The van der Waals surface area contributed by atoms with Crippen molar-refractivity contribution in [2.75, 3.05) is 33.3 Å². The summed E-state index contributed by atoms with van der Waals surface area (Å²) in [6.07, 6.45) is 5.54. The maximum Gasteiger partial charge on any atom is 0.321 e. The highest BCUT2D eigenvalue weighted by atomic mass is 16.5. The first-order chi connectivity index (χ1) is 14.5. The lowest BCUT2D eigenvalue weighted by Gasteiger charge is -2.37. The van der Waals surface area contributed by atoms with Crippen LogP contribution in [0.5, 0.6) is 5.75 Å². The number of nitrogens with zero attached hydrogens (tertiary/aromatic N) is 2. The Labute approximate surface area is 180 Å². The number of methoxy groups -OCH3 is 1. The van der Waals surface area contributed by atoms with E-state index in [4.69, 9.17) is 4.74 Å². The van der Waals surface area contributed by atoms with E-state index in [1.54, 1.807) is 7.11 Å². The maximum absolute atomic E-state index is 12.5. The first kappa shape index (κ1) is 22.6. The average Bonchev–Trinajstić information content (AvgIpc) is 2.74. The fraction of sp³-hybridized carbons (Fsp3) is 0.652. The Balaban J connectivity index is 1.44. The van der Waals surface area contributed by atoms with E-state index in [2.05, 4.69) is 39.5 Å². The van der Waals surface area contributed by atoms with Gasteiger partial charge in [0, 0.05) is 44.3 Å². The molecule has 0 spiro atoms. The molecule has 30 heavy (non-hydrogen) atoms. The molecule has 0 radical (unpaired) electrons. The van der Waals surface area contributed by atoms with Crippen LogP contribution < -0.4 is 15.4 Å². The molecule has 7 nitrogen and oxygen atoms in total. The number of aryl methyl sites for hydroxylation is 1. The minimum atomic E-state index is -0.357. The molecule has 0 unspecified atom stereocenters. The molecule has 1 heterocycles. The standard InChI is InChI=1S/C23H36N4O3/c1-17-9-10-21(30-3)19(15-17)16-26-11-13-27(14-12-26)18(2)22(28)25-23(29)24-20-7-5-4-6-8-20/h9-10,15,18,20H,4-8,11-14,16H2,1-3H3,(H2,24,25,28,29)/t18-/m1/s1. The summed E-state index contributed by atoms with van der Waals surface area (Å²) in [6, 6.07) is 5.77. The summed E-state index contributed by atoms with van der Waals surface area (Å²) in [6.45, 7) is 8.16. The van der Waals surface area contributed by atoms with Crippen LogP contribution in [0.25, 0.3) is 0 Å². The van der Waals surface area contributed by atoms with Crippen molar-refractivity contribution in [1.82, 2.24) is 20.4 Å². The minimum absolute atomic E-state index is 0.198. The van der Waals surface area contributed by atoms with Gasteiger partial charge in [0.15, 0.2) is 0 Å². The van der Waals surface area contributed by atoms with E-state index in [0.717, 1.165) is 64.2 Å². The number of hydrogen-bond acceptors (Lipinski definition) is 5. The van der Waals surface area contributed by atoms with Gasteiger partial charge in [0.25, 0.3) is 0 Å². The fourth-order valence-electron chi connectivity index (χ4n) is 4.43. The number of ether oxygens (including phenoxy) is 1. The van der Waals surface area contributed by atoms with E-state index in [1.807, 2.05) is 13.0 Å². The van der Waals surface area contributed by atoms with Crippen LogP contribution in [0.1, 0.15) is 50.2 Å². The Morgan fingerprint density at radius 1 is 1.13 bits per heavy atom. The molecule has 1 aromatic carbocycles. The van der Waals surface area contributed by atoms with Crippen molar-refractivity contribution in [3.05, 3.63) is 29.3 Å². The molecule has 0 aromatic heterocycles. The number of carbonyl (C=O) groups excluding carboxylic acids is 2. The molecule has 2 fully saturated rings. The summed E-state index contributed by atoms with van der Waals surface area (Å²) in [7, 11) is 1.71. The lowest BCUT2D eigenvalue weighted by Crippen LogP contribution is -2.55. The van der Waals surface area contributed by atoms with Gasteiger partial charge in [-0.05, 0) is 32.8 Å². The van der Waals surface area contributed by atoms with Gasteiger partial charge in [-0.25, -0.2) is 4.79 Å². The van der Waals surface area contributed by atoms with Crippen LogP contribution in [0.4, 0.5) is 4.79 Å². The molecule has 166 valence electrons. The smallest absolute Gasteiger partial charge is 0.321 e. The van der Waals surface area contributed by atoms with Crippen LogP contribution in [0.3, 0.4) is 0 Å². The third-order valence-electron chi connectivity index (χ3n) is 6.34. The molecule has 2 aliphatic rings. The molecular formula is C23H36N4O3. The van der Waals surface area contributed by atoms with Gasteiger partial charge >= 0.3 is 6.03 Å². The second-order valence-corrected chi connectivity index (χ2v) is 8.60. The van der Waals surface area contributed by atoms with Crippen LogP contribution in [-0.4, -0.2) is 67.1 Å². The number of benzene rings is 1. The van der Waals surface area contributed by atoms with Gasteiger partial charge in [0.05, 0.1) is 13.2 Å². The van der Waals surface area contributed by atoms with Crippen molar-refractivity contribution < 1.29 is 14.3 Å². The monoisotopic (exact) mass is 416 g/mol. The Kier molecular flexibility index (Phi) is 8.10. The van der Waals surface area contributed by atoms with Crippen molar-refractivity contribution in [1.29, 1.82) is 0 Å². The van der Waals surface area contributed by atoms with Gasteiger partial charge < -0.3 is 10.1 Å². The Morgan fingerprint density at radius 2 is 1.83 bits per heavy atom. The predicted octanol–water partition coefficient (Wildman–Crippen LogP) is 2.67. The van der Waals surface area contributed by atoms with E-state index in [9.17, 15) is 9.59 Å². The molecule has 2 N–H and O–H groups in total. The van der Waals surface area contributed by atoms with Crippen molar-refractivity contribution in [2.45, 2.75) is 64.6 Å². The number of carbonyl (C=O) groups is 2. The fourth-order valence-corrected chi connectivity index (χ4v) is 4.43. The Morgan fingerprint density at radius 3 is 2.50 bits per heavy atom. The SMILES string of the molecule is COc1ccc(C)cc1CN1CCN([C@H](C)C(=O)NC(=O)NC2CCCCC2)CC1. The summed E-state index contributed by atoms with van der Waals surface area (Å²) in [5.41, 5.74) is 2.41. The normalized spacial score (nSPS) is 19.8. The van der Waals surface area contributed by atoms with Crippen LogP contribution >= 0.6 is 0 Å². The molecule has 3 amide bonds. The highest BCUT2D eigenvalue weighted by Gasteiger charge is 2.27. The molecule has 1 saturated carbocycles. The van der Waals surface area contributed by atoms with Crippen molar-refractivity contribution in [3.63, 3.8) is 0 Å². The van der Waals surface area contributed by atoms with Crippen LogP contribution in [0.2, 0.25) is 0 Å². The van der Waals surface area contributed by atoms with Crippen LogP contribution in [-0.2, 0) is 11.3 Å². The lowest BCUT2D eigenvalue weighted by atomic mass is 9.96. The van der Waals surface area contributed by atoms with Crippen molar-refractivity contribution in [3.8, 4) is 5.75 Å². The molecule has 7 heteroatoms. The molecule has 1 aliphatic carbocycles. The molecule has 1 aliphatic heterocycles. The number of rotatable bonds is 6. The lowest BCUT2D eigenvalue weighted by molar-refractivity contribution is -0.125. The summed E-state index contributed by atoms with van der Waals surface area (Å²) < 4.78 is 5.50. The van der Waals surface area contributed by atoms with E-state index in [0.29, 0.717) is 0 Å². The number of imide groups is 1. The highest BCUT2D eigenvalue weighted by molar-refractivity contribution is 5.96. The molecular weight excluding hydrogens is 380 g/mol. The number of piperazine rings is 1. The quantitative estimate of drug-likeness (QED) is 0.746. The van der Waals surface area contributed by atoms with E-state index in [1.165, 1.54) is 17.5 Å². The zero-order valence-corrected chi connectivity index (χ0v) is 18.6. The molecule has 1 atom stereocenters.